The Balaban J connectivity index is 1.17. The summed E-state index contributed by atoms with van der Waals surface area (Å²) >= 11 is 0. The molecule has 2 heterocycles. The van der Waals surface area contributed by atoms with Crippen molar-refractivity contribution >= 4 is 35.1 Å². The van der Waals surface area contributed by atoms with Gasteiger partial charge in [0.15, 0.2) is 0 Å². The quantitative estimate of drug-likeness (QED) is 0.369. The maximum absolute atomic E-state index is 13.2. The smallest absolute Gasteiger partial charge is 0.316 e. The molecule has 2 bridgehead atoms. The molecule has 186 valence electrons. The summed E-state index contributed by atoms with van der Waals surface area (Å²) in [6.45, 7) is 6.01. The predicted octanol–water partition coefficient (Wildman–Crippen LogP) is 4.11. The summed E-state index contributed by atoms with van der Waals surface area (Å²) in [4.78, 5) is 55.1. The van der Waals surface area contributed by atoms with Crippen LogP contribution in [-0.2, 0) is 19.2 Å². The summed E-state index contributed by atoms with van der Waals surface area (Å²) in [5.41, 5.74) is 4.11. The van der Waals surface area contributed by atoms with Gasteiger partial charge in [-0.15, -0.1) is 0 Å². The zero-order valence-electron chi connectivity index (χ0n) is 20.8. The van der Waals surface area contributed by atoms with Gasteiger partial charge in [0.25, 0.3) is 0 Å². The number of nitrogens with zero attached hydrogens (tertiary/aromatic N) is 2. The number of carbonyl (C=O) groups excluding carboxylic acids is 4. The number of carbonyl (C=O) groups is 4. The second kappa shape index (κ2) is 8.29. The molecule has 4 fully saturated rings. The standard InChI is InChI=1S/C29H30N2O5/c1-15-5-4-6-16(2)26(15)30-14-20(13-23(30)32)29(35)36-21-9-10-22(17(3)11-21)31-27(33)24-18-7-8-19(12-18)25(24)28(31)34/h4-6,9-11,18-20,24-25H,7-8,12-14H2,1-3H3/t18-,19-,20+,24-,25-/m0/s1. The number of ether oxygens (including phenoxy) is 1. The van der Waals surface area contributed by atoms with Crippen LogP contribution in [0.5, 0.6) is 5.75 Å². The van der Waals surface area contributed by atoms with Crippen molar-refractivity contribution < 1.29 is 23.9 Å². The van der Waals surface area contributed by atoms with E-state index in [1.54, 1.807) is 23.1 Å². The maximum Gasteiger partial charge on any atom is 0.316 e. The van der Waals surface area contributed by atoms with E-state index in [2.05, 4.69) is 0 Å². The van der Waals surface area contributed by atoms with E-state index >= 15 is 0 Å². The molecular formula is C29H30N2O5. The predicted molar refractivity (Wildman–Crippen MR) is 133 cm³/mol. The normalized spacial score (nSPS) is 28.9. The summed E-state index contributed by atoms with van der Waals surface area (Å²) in [5.74, 6) is -0.608. The van der Waals surface area contributed by atoms with E-state index in [-0.39, 0.29) is 42.5 Å². The van der Waals surface area contributed by atoms with Gasteiger partial charge < -0.3 is 9.64 Å². The third-order valence-electron chi connectivity index (χ3n) is 8.72. The summed E-state index contributed by atoms with van der Waals surface area (Å²) < 4.78 is 5.66. The Hall–Kier alpha value is -3.48. The van der Waals surface area contributed by atoms with Gasteiger partial charge in [0, 0.05) is 18.7 Å². The van der Waals surface area contributed by atoms with Crippen LogP contribution >= 0.6 is 0 Å². The van der Waals surface area contributed by atoms with Crippen LogP contribution in [-0.4, -0.2) is 30.2 Å². The van der Waals surface area contributed by atoms with Gasteiger partial charge in [-0.3, -0.25) is 19.2 Å². The fraction of sp³-hybridized carbons (Fsp3) is 0.448. The van der Waals surface area contributed by atoms with Crippen LogP contribution in [0.15, 0.2) is 36.4 Å². The van der Waals surface area contributed by atoms with Gasteiger partial charge >= 0.3 is 5.97 Å². The van der Waals surface area contributed by atoms with Crippen LogP contribution < -0.4 is 14.5 Å². The summed E-state index contributed by atoms with van der Waals surface area (Å²) in [6.07, 6.45) is 3.18. The van der Waals surface area contributed by atoms with Gasteiger partial charge in [-0.25, -0.2) is 4.90 Å². The summed E-state index contributed by atoms with van der Waals surface area (Å²) in [5, 5.41) is 0. The Morgan fingerprint density at radius 1 is 0.889 bits per heavy atom. The topological polar surface area (TPSA) is 84.0 Å². The van der Waals surface area contributed by atoms with Gasteiger partial charge in [-0.2, -0.15) is 0 Å². The molecule has 2 aromatic carbocycles. The molecule has 2 aliphatic carbocycles. The highest BCUT2D eigenvalue weighted by Gasteiger charge is 2.61. The molecule has 6 rings (SSSR count). The highest BCUT2D eigenvalue weighted by atomic mass is 16.5. The molecule has 0 spiro atoms. The Morgan fingerprint density at radius 3 is 2.14 bits per heavy atom. The van der Waals surface area contributed by atoms with Crippen molar-refractivity contribution in [3.05, 3.63) is 53.1 Å². The number of imide groups is 1. The van der Waals surface area contributed by atoms with Crippen LogP contribution in [0.1, 0.15) is 42.4 Å². The Kier molecular flexibility index (Phi) is 5.28. The number of rotatable bonds is 4. The minimum absolute atomic E-state index is 0.0823. The second-order valence-electron chi connectivity index (χ2n) is 10.9. The maximum atomic E-state index is 13.2. The second-order valence-corrected chi connectivity index (χ2v) is 10.9. The first-order valence-electron chi connectivity index (χ1n) is 12.8. The first-order chi connectivity index (χ1) is 17.2. The van der Waals surface area contributed by atoms with E-state index in [1.165, 1.54) is 4.90 Å². The van der Waals surface area contributed by atoms with Crippen molar-refractivity contribution in [2.24, 2.45) is 29.6 Å². The first-order valence-corrected chi connectivity index (χ1v) is 12.8. The molecule has 2 saturated heterocycles. The van der Waals surface area contributed by atoms with Crippen molar-refractivity contribution in [1.82, 2.24) is 0 Å². The van der Waals surface area contributed by atoms with Gasteiger partial charge in [0.1, 0.15) is 5.75 Å². The van der Waals surface area contributed by atoms with E-state index in [1.807, 2.05) is 39.0 Å². The molecule has 2 saturated carbocycles. The van der Waals surface area contributed by atoms with Crippen LogP contribution in [0.2, 0.25) is 0 Å². The number of aryl methyl sites for hydroxylation is 3. The van der Waals surface area contributed by atoms with Gasteiger partial charge in [0.2, 0.25) is 17.7 Å². The number of hydrogen-bond acceptors (Lipinski definition) is 5. The van der Waals surface area contributed by atoms with Gasteiger partial charge in [0.05, 0.1) is 23.4 Å². The Morgan fingerprint density at radius 2 is 1.53 bits per heavy atom. The zero-order chi connectivity index (χ0) is 25.3. The first kappa shape index (κ1) is 23.0. The molecule has 7 nitrogen and oxygen atoms in total. The lowest BCUT2D eigenvalue weighted by atomic mass is 9.81. The number of esters is 1. The minimum atomic E-state index is -0.562. The zero-order valence-corrected chi connectivity index (χ0v) is 20.8. The fourth-order valence-corrected chi connectivity index (χ4v) is 7.10. The monoisotopic (exact) mass is 486 g/mol. The average molecular weight is 487 g/mol. The molecule has 4 aliphatic rings. The van der Waals surface area contributed by atoms with E-state index in [0.29, 0.717) is 28.8 Å². The van der Waals surface area contributed by atoms with E-state index < -0.39 is 11.9 Å². The van der Waals surface area contributed by atoms with Crippen molar-refractivity contribution in [3.63, 3.8) is 0 Å². The molecule has 0 radical (unpaired) electrons. The minimum Gasteiger partial charge on any atom is -0.426 e. The third kappa shape index (κ3) is 3.39. The molecule has 2 aromatic rings. The van der Waals surface area contributed by atoms with Crippen molar-refractivity contribution in [3.8, 4) is 5.75 Å². The van der Waals surface area contributed by atoms with Crippen molar-refractivity contribution in [1.29, 1.82) is 0 Å². The highest BCUT2D eigenvalue weighted by molar-refractivity contribution is 6.23. The molecule has 0 aromatic heterocycles. The number of para-hydroxylation sites is 1. The summed E-state index contributed by atoms with van der Waals surface area (Å²) in [7, 11) is 0. The van der Waals surface area contributed by atoms with Gasteiger partial charge in [-0.1, -0.05) is 18.2 Å². The van der Waals surface area contributed by atoms with Crippen molar-refractivity contribution in [2.75, 3.05) is 16.3 Å². The largest absolute Gasteiger partial charge is 0.426 e. The number of anilines is 2. The molecule has 36 heavy (non-hydrogen) atoms. The van der Waals surface area contributed by atoms with Crippen LogP contribution in [0.25, 0.3) is 0 Å². The van der Waals surface area contributed by atoms with Crippen molar-refractivity contribution in [2.45, 2.75) is 46.5 Å². The Bertz CT molecular complexity index is 1270. The number of fused-ring (bicyclic) bond motifs is 5. The average Bonchev–Trinajstić information content (AvgIpc) is 3.59. The third-order valence-corrected chi connectivity index (χ3v) is 8.72. The number of hydrogen-bond donors (Lipinski definition) is 0. The van der Waals surface area contributed by atoms with Crippen LogP contribution in [0.4, 0.5) is 11.4 Å². The van der Waals surface area contributed by atoms with Crippen LogP contribution in [0.3, 0.4) is 0 Å². The number of benzene rings is 2. The van der Waals surface area contributed by atoms with E-state index in [9.17, 15) is 19.2 Å². The Labute approximate surface area is 210 Å². The molecule has 0 N–H and O–H groups in total. The van der Waals surface area contributed by atoms with E-state index in [4.69, 9.17) is 4.74 Å². The SMILES string of the molecule is Cc1cc(OC(=O)[C@@H]2CC(=O)N(c3c(C)cccc3C)C2)ccc1N1C(=O)[C@H]2[C@H]3CC[C@@H](C3)[C@@H]2C1=O. The lowest BCUT2D eigenvalue weighted by Gasteiger charge is -2.21. The van der Waals surface area contributed by atoms with Crippen LogP contribution in [0, 0.1) is 50.4 Å². The molecule has 3 amide bonds. The van der Waals surface area contributed by atoms with E-state index in [0.717, 1.165) is 36.1 Å². The summed E-state index contributed by atoms with van der Waals surface area (Å²) in [6, 6.07) is 10.9. The molecular weight excluding hydrogens is 456 g/mol. The highest BCUT2D eigenvalue weighted by Crippen LogP contribution is 2.56. The van der Waals surface area contributed by atoms with Gasteiger partial charge in [-0.05, 0) is 86.8 Å². The fourth-order valence-electron chi connectivity index (χ4n) is 7.10. The number of amides is 3. The lowest BCUT2D eigenvalue weighted by molar-refractivity contribution is -0.139. The lowest BCUT2D eigenvalue weighted by Crippen LogP contribution is -2.33. The molecule has 5 atom stereocenters. The molecule has 0 unspecified atom stereocenters. The molecule has 7 heteroatoms. The molecule has 2 aliphatic heterocycles.